The first kappa shape index (κ1) is 17.4. The fraction of sp³-hybridized carbons (Fsp3) is 0.389. The van der Waals surface area contributed by atoms with Crippen LogP contribution in [-0.4, -0.2) is 30.0 Å². The molecule has 25 heavy (non-hydrogen) atoms. The minimum absolute atomic E-state index is 0.0397. The van der Waals surface area contributed by atoms with Crippen LogP contribution in [0, 0.1) is 0 Å². The Kier molecular flexibility index (Phi) is 5.65. The van der Waals surface area contributed by atoms with Crippen molar-refractivity contribution in [3.63, 3.8) is 0 Å². The molecule has 1 aromatic heterocycles. The van der Waals surface area contributed by atoms with Gasteiger partial charge in [0, 0.05) is 17.4 Å². The smallest absolute Gasteiger partial charge is 0.306 e. The lowest BCUT2D eigenvalue weighted by atomic mass is 10.1. The molecular formula is C18H19NO5S. The summed E-state index contributed by atoms with van der Waals surface area (Å²) in [6.07, 6.45) is 0.996. The highest BCUT2D eigenvalue weighted by Crippen LogP contribution is 2.31. The van der Waals surface area contributed by atoms with E-state index >= 15 is 0 Å². The molecule has 2 aromatic rings. The summed E-state index contributed by atoms with van der Waals surface area (Å²) in [6, 6.07) is 5.06. The van der Waals surface area contributed by atoms with Gasteiger partial charge in [0.15, 0.2) is 17.3 Å². The molecule has 0 fully saturated rings. The molecule has 0 atom stereocenters. The Balaban J connectivity index is 1.47. The van der Waals surface area contributed by atoms with Crippen molar-refractivity contribution in [2.45, 2.75) is 32.8 Å². The van der Waals surface area contributed by atoms with Gasteiger partial charge in [-0.15, -0.1) is 11.3 Å². The van der Waals surface area contributed by atoms with E-state index in [1.165, 1.54) is 0 Å². The van der Waals surface area contributed by atoms with Crippen LogP contribution in [0.1, 0.15) is 40.8 Å². The van der Waals surface area contributed by atoms with E-state index in [9.17, 15) is 9.59 Å². The van der Waals surface area contributed by atoms with Gasteiger partial charge in [-0.1, -0.05) is 6.92 Å². The molecule has 1 aliphatic heterocycles. The van der Waals surface area contributed by atoms with Gasteiger partial charge in [0.2, 0.25) is 0 Å². The minimum Gasteiger partial charge on any atom is -0.486 e. The van der Waals surface area contributed by atoms with Crippen LogP contribution < -0.4 is 9.47 Å². The Morgan fingerprint density at radius 1 is 1.20 bits per heavy atom. The van der Waals surface area contributed by atoms with Crippen molar-refractivity contribution in [2.24, 2.45) is 0 Å². The first-order chi connectivity index (χ1) is 12.2. The summed E-state index contributed by atoms with van der Waals surface area (Å²) in [4.78, 5) is 28.4. The van der Waals surface area contributed by atoms with Crippen LogP contribution in [0.3, 0.4) is 0 Å². The highest BCUT2D eigenvalue weighted by Gasteiger charge is 2.16. The van der Waals surface area contributed by atoms with Gasteiger partial charge < -0.3 is 14.2 Å². The molecule has 0 radical (unpaired) electrons. The molecule has 0 saturated heterocycles. The van der Waals surface area contributed by atoms with Crippen molar-refractivity contribution in [1.29, 1.82) is 0 Å². The van der Waals surface area contributed by atoms with Gasteiger partial charge >= 0.3 is 5.97 Å². The highest BCUT2D eigenvalue weighted by atomic mass is 32.1. The van der Waals surface area contributed by atoms with E-state index in [2.05, 4.69) is 4.98 Å². The quantitative estimate of drug-likeness (QED) is 0.557. The summed E-state index contributed by atoms with van der Waals surface area (Å²) in [7, 11) is 0. The van der Waals surface area contributed by atoms with Crippen LogP contribution in [-0.2, 0) is 22.6 Å². The monoisotopic (exact) mass is 361 g/mol. The molecule has 0 spiro atoms. The molecule has 7 heteroatoms. The maximum absolute atomic E-state index is 12.2. The van der Waals surface area contributed by atoms with E-state index in [4.69, 9.17) is 14.2 Å². The van der Waals surface area contributed by atoms with Gasteiger partial charge in [0.05, 0.1) is 17.1 Å². The standard InChI is InChI=1S/C18H19NO5S/c1-2-17-19-13(11-25-17)10-24-18(21)6-4-14(20)12-3-5-15-16(9-12)23-8-7-22-15/h3,5,9,11H,2,4,6-8,10H2,1H3. The number of benzene rings is 1. The van der Waals surface area contributed by atoms with Gasteiger partial charge in [-0.2, -0.15) is 0 Å². The summed E-state index contributed by atoms with van der Waals surface area (Å²) in [6.45, 7) is 3.14. The summed E-state index contributed by atoms with van der Waals surface area (Å²) < 4.78 is 16.1. The molecule has 0 N–H and O–H groups in total. The zero-order valence-electron chi connectivity index (χ0n) is 13.9. The van der Waals surface area contributed by atoms with Crippen LogP contribution >= 0.6 is 11.3 Å². The van der Waals surface area contributed by atoms with Crippen molar-refractivity contribution in [1.82, 2.24) is 4.98 Å². The number of carbonyl (C=O) groups excluding carboxylic acids is 2. The SMILES string of the molecule is CCc1nc(COC(=O)CCC(=O)c2ccc3c(c2)OCCO3)cs1. The summed E-state index contributed by atoms with van der Waals surface area (Å²) >= 11 is 1.55. The van der Waals surface area contributed by atoms with Crippen LogP contribution in [0.4, 0.5) is 0 Å². The number of hydrogen-bond donors (Lipinski definition) is 0. The van der Waals surface area contributed by atoms with Gasteiger partial charge in [-0.25, -0.2) is 4.98 Å². The number of aryl methyl sites for hydroxylation is 1. The van der Waals surface area contributed by atoms with Gasteiger partial charge in [-0.3, -0.25) is 9.59 Å². The van der Waals surface area contributed by atoms with E-state index in [1.54, 1.807) is 29.5 Å². The second kappa shape index (κ2) is 8.11. The van der Waals surface area contributed by atoms with E-state index in [1.807, 2.05) is 12.3 Å². The first-order valence-electron chi connectivity index (χ1n) is 8.17. The third kappa shape index (κ3) is 4.57. The Labute approximate surface area is 149 Å². The Morgan fingerprint density at radius 2 is 2.00 bits per heavy atom. The molecular weight excluding hydrogens is 342 g/mol. The second-order valence-corrected chi connectivity index (χ2v) is 6.47. The Bertz CT molecular complexity index is 771. The number of Topliss-reactive ketones (excluding diaryl/α,β-unsaturated/α-hetero) is 1. The first-order valence-corrected chi connectivity index (χ1v) is 9.05. The zero-order chi connectivity index (χ0) is 17.6. The van der Waals surface area contributed by atoms with Gasteiger partial charge in [0.1, 0.15) is 19.8 Å². The lowest BCUT2D eigenvalue weighted by Gasteiger charge is -2.18. The minimum atomic E-state index is -0.406. The lowest BCUT2D eigenvalue weighted by molar-refractivity contribution is -0.145. The van der Waals surface area contributed by atoms with Crippen LogP contribution in [0.15, 0.2) is 23.6 Å². The number of hydrogen-bond acceptors (Lipinski definition) is 7. The zero-order valence-corrected chi connectivity index (χ0v) is 14.8. The molecule has 2 heterocycles. The van der Waals surface area contributed by atoms with Crippen LogP contribution in [0.5, 0.6) is 11.5 Å². The number of fused-ring (bicyclic) bond motifs is 1. The third-order valence-corrected chi connectivity index (χ3v) is 4.75. The Morgan fingerprint density at radius 3 is 2.76 bits per heavy atom. The van der Waals surface area contributed by atoms with Gasteiger partial charge in [0.25, 0.3) is 0 Å². The molecule has 1 aromatic carbocycles. The van der Waals surface area contributed by atoms with Crippen molar-refractivity contribution in [3.05, 3.63) is 39.8 Å². The fourth-order valence-corrected chi connectivity index (χ4v) is 3.11. The number of nitrogens with zero attached hydrogens (tertiary/aromatic N) is 1. The summed E-state index contributed by atoms with van der Waals surface area (Å²) in [5, 5.41) is 2.90. The average molecular weight is 361 g/mol. The van der Waals surface area contributed by atoms with Crippen molar-refractivity contribution in [2.75, 3.05) is 13.2 Å². The number of ketones is 1. The lowest BCUT2D eigenvalue weighted by Crippen LogP contribution is -2.16. The normalized spacial score (nSPS) is 12.7. The molecule has 0 aliphatic carbocycles. The molecule has 132 valence electrons. The van der Waals surface area contributed by atoms with E-state index in [-0.39, 0.29) is 25.2 Å². The van der Waals surface area contributed by atoms with E-state index < -0.39 is 5.97 Å². The molecule has 6 nitrogen and oxygen atoms in total. The number of esters is 1. The number of aromatic nitrogens is 1. The maximum atomic E-state index is 12.2. The molecule has 3 rings (SSSR count). The second-order valence-electron chi connectivity index (χ2n) is 5.53. The summed E-state index contributed by atoms with van der Waals surface area (Å²) in [5.41, 5.74) is 1.25. The predicted molar refractivity (Wildman–Crippen MR) is 92.3 cm³/mol. The highest BCUT2D eigenvalue weighted by molar-refractivity contribution is 7.09. The molecule has 1 aliphatic rings. The fourth-order valence-electron chi connectivity index (χ4n) is 2.38. The van der Waals surface area contributed by atoms with Crippen LogP contribution in [0.25, 0.3) is 0 Å². The topological polar surface area (TPSA) is 74.7 Å². The Hall–Kier alpha value is -2.41. The molecule has 0 bridgehead atoms. The van der Waals surface area contributed by atoms with Crippen molar-refractivity contribution in [3.8, 4) is 11.5 Å². The molecule has 0 amide bonds. The molecule has 0 unspecified atom stereocenters. The van der Waals surface area contributed by atoms with E-state index in [0.29, 0.717) is 30.3 Å². The number of ether oxygens (including phenoxy) is 3. The number of rotatable bonds is 7. The largest absolute Gasteiger partial charge is 0.486 e. The average Bonchev–Trinajstić information content (AvgIpc) is 3.12. The predicted octanol–water partition coefficient (Wildman–Crippen LogP) is 3.18. The van der Waals surface area contributed by atoms with E-state index in [0.717, 1.165) is 17.1 Å². The van der Waals surface area contributed by atoms with Gasteiger partial charge in [-0.05, 0) is 24.6 Å². The van der Waals surface area contributed by atoms with Crippen LogP contribution in [0.2, 0.25) is 0 Å². The third-order valence-electron chi connectivity index (χ3n) is 3.70. The number of thiazole rings is 1. The molecule has 0 saturated carbocycles. The van der Waals surface area contributed by atoms with Crippen molar-refractivity contribution >= 4 is 23.1 Å². The number of carbonyl (C=O) groups is 2. The maximum Gasteiger partial charge on any atom is 0.306 e. The summed E-state index contributed by atoms with van der Waals surface area (Å²) in [5.74, 6) is 0.666. The van der Waals surface area contributed by atoms with Crippen molar-refractivity contribution < 1.29 is 23.8 Å².